The normalized spacial score (nSPS) is 17.9. The molecular formula is C22H24FN3O4. The zero-order valence-corrected chi connectivity index (χ0v) is 17.1. The molecule has 0 spiro atoms. The van der Waals surface area contributed by atoms with Gasteiger partial charge in [0.15, 0.2) is 5.79 Å². The standard InChI is InChI=1S/C22H24FN3O4/c1-13-4-5-17(16(23)10-13)26-19-15-11-24-8-7-18(15)29-20(19)21(27)25-9-6-14-12-28-22(2,3)30-14/h4-5,7-8,10-11,14,26H,6,9,12H2,1-3H3,(H,25,27)/t14-/m0/s1. The minimum absolute atomic E-state index is 0.0712. The summed E-state index contributed by atoms with van der Waals surface area (Å²) in [5.41, 5.74) is 1.91. The highest BCUT2D eigenvalue weighted by Gasteiger charge is 2.32. The first-order valence-corrected chi connectivity index (χ1v) is 9.82. The van der Waals surface area contributed by atoms with Crippen LogP contribution in [0, 0.1) is 12.7 Å². The maximum atomic E-state index is 14.4. The van der Waals surface area contributed by atoms with Gasteiger partial charge in [-0.05, 0) is 51.0 Å². The maximum absolute atomic E-state index is 14.4. The molecule has 1 saturated heterocycles. The van der Waals surface area contributed by atoms with E-state index in [1.807, 2.05) is 20.8 Å². The van der Waals surface area contributed by atoms with Gasteiger partial charge < -0.3 is 24.5 Å². The van der Waals surface area contributed by atoms with E-state index in [0.717, 1.165) is 5.56 Å². The first-order chi connectivity index (χ1) is 14.3. The molecule has 0 bridgehead atoms. The average molecular weight is 413 g/mol. The number of aromatic nitrogens is 1. The predicted molar refractivity (Wildman–Crippen MR) is 110 cm³/mol. The maximum Gasteiger partial charge on any atom is 0.289 e. The number of furan rings is 1. The first-order valence-electron chi connectivity index (χ1n) is 9.82. The van der Waals surface area contributed by atoms with Gasteiger partial charge in [0.1, 0.15) is 17.1 Å². The molecule has 1 fully saturated rings. The zero-order valence-electron chi connectivity index (χ0n) is 17.1. The Hall–Kier alpha value is -2.97. The Bertz CT molecular complexity index is 1080. The van der Waals surface area contributed by atoms with E-state index in [1.54, 1.807) is 30.6 Å². The van der Waals surface area contributed by atoms with Crippen molar-refractivity contribution in [3.05, 3.63) is 53.8 Å². The summed E-state index contributed by atoms with van der Waals surface area (Å²) in [4.78, 5) is 16.9. The van der Waals surface area contributed by atoms with Gasteiger partial charge >= 0.3 is 0 Å². The Morgan fingerprint density at radius 2 is 2.17 bits per heavy atom. The van der Waals surface area contributed by atoms with Crippen molar-refractivity contribution < 1.29 is 23.1 Å². The van der Waals surface area contributed by atoms with Gasteiger partial charge in [0.05, 0.1) is 23.8 Å². The van der Waals surface area contributed by atoms with Crippen molar-refractivity contribution in [2.24, 2.45) is 0 Å². The molecule has 1 aromatic carbocycles. The summed E-state index contributed by atoms with van der Waals surface area (Å²) in [6.07, 6.45) is 3.67. The lowest BCUT2D eigenvalue weighted by atomic mass is 10.2. The molecule has 1 amide bonds. The van der Waals surface area contributed by atoms with E-state index >= 15 is 0 Å². The number of hydrogen-bond donors (Lipinski definition) is 2. The van der Waals surface area contributed by atoms with Gasteiger partial charge in [-0.2, -0.15) is 0 Å². The average Bonchev–Trinajstić information content (AvgIpc) is 3.24. The molecule has 158 valence electrons. The summed E-state index contributed by atoms with van der Waals surface area (Å²) in [6.45, 7) is 6.39. The molecule has 1 aliphatic heterocycles. The number of ether oxygens (including phenoxy) is 2. The molecule has 1 atom stereocenters. The molecule has 7 nitrogen and oxygen atoms in total. The molecule has 3 heterocycles. The van der Waals surface area contributed by atoms with Gasteiger partial charge in [0.25, 0.3) is 5.91 Å². The number of hydrogen-bond acceptors (Lipinski definition) is 6. The molecule has 0 saturated carbocycles. The molecule has 2 N–H and O–H groups in total. The number of rotatable bonds is 6. The summed E-state index contributed by atoms with van der Waals surface area (Å²) < 4.78 is 31.4. The Labute approximate surface area is 173 Å². The summed E-state index contributed by atoms with van der Waals surface area (Å²) >= 11 is 0. The fraction of sp³-hybridized carbons (Fsp3) is 0.364. The van der Waals surface area contributed by atoms with Crippen LogP contribution in [0.4, 0.5) is 15.8 Å². The molecule has 30 heavy (non-hydrogen) atoms. The number of aryl methyl sites for hydroxylation is 1. The van der Waals surface area contributed by atoms with E-state index < -0.39 is 17.5 Å². The van der Waals surface area contributed by atoms with Gasteiger partial charge in [0, 0.05) is 18.9 Å². The molecule has 1 aliphatic rings. The van der Waals surface area contributed by atoms with Gasteiger partial charge in [-0.15, -0.1) is 0 Å². The van der Waals surface area contributed by atoms with E-state index in [1.165, 1.54) is 6.07 Å². The van der Waals surface area contributed by atoms with Crippen molar-refractivity contribution >= 4 is 28.3 Å². The van der Waals surface area contributed by atoms with Crippen LogP contribution in [0.5, 0.6) is 0 Å². The quantitative estimate of drug-likeness (QED) is 0.627. The molecule has 0 unspecified atom stereocenters. The van der Waals surface area contributed by atoms with Crippen molar-refractivity contribution in [2.75, 3.05) is 18.5 Å². The van der Waals surface area contributed by atoms with Crippen LogP contribution in [0.15, 0.2) is 41.1 Å². The number of halogens is 1. The molecule has 3 aromatic rings. The van der Waals surface area contributed by atoms with Crippen LogP contribution in [0.1, 0.15) is 36.4 Å². The Morgan fingerprint density at radius 1 is 1.33 bits per heavy atom. The van der Waals surface area contributed by atoms with Crippen LogP contribution in [0.2, 0.25) is 0 Å². The first kappa shape index (κ1) is 20.3. The monoisotopic (exact) mass is 413 g/mol. The van der Waals surface area contributed by atoms with Crippen LogP contribution in [-0.4, -0.2) is 35.9 Å². The van der Waals surface area contributed by atoms with Crippen molar-refractivity contribution in [3.63, 3.8) is 0 Å². The Balaban J connectivity index is 1.53. The third-order valence-electron chi connectivity index (χ3n) is 4.90. The van der Waals surface area contributed by atoms with E-state index in [0.29, 0.717) is 36.2 Å². The molecule has 2 aromatic heterocycles. The zero-order chi connectivity index (χ0) is 21.3. The minimum Gasteiger partial charge on any atom is -0.448 e. The summed E-state index contributed by atoms with van der Waals surface area (Å²) in [5.74, 6) is -1.35. The molecule has 8 heteroatoms. The summed E-state index contributed by atoms with van der Waals surface area (Å²) in [5, 5.41) is 6.44. The number of carbonyl (C=O) groups is 1. The highest BCUT2D eigenvalue weighted by molar-refractivity contribution is 6.07. The van der Waals surface area contributed by atoms with Crippen molar-refractivity contribution in [1.82, 2.24) is 10.3 Å². The van der Waals surface area contributed by atoms with Gasteiger partial charge in [-0.3, -0.25) is 9.78 Å². The third kappa shape index (κ3) is 4.29. The number of carbonyl (C=O) groups excluding carboxylic acids is 1. The smallest absolute Gasteiger partial charge is 0.289 e. The second-order valence-corrected chi connectivity index (χ2v) is 7.78. The van der Waals surface area contributed by atoms with Gasteiger partial charge in [-0.1, -0.05) is 6.07 Å². The molecule has 0 aliphatic carbocycles. The number of anilines is 2. The van der Waals surface area contributed by atoms with Crippen molar-refractivity contribution in [3.8, 4) is 0 Å². The van der Waals surface area contributed by atoms with Crippen LogP contribution in [0.25, 0.3) is 11.0 Å². The van der Waals surface area contributed by atoms with Crippen molar-refractivity contribution in [1.29, 1.82) is 0 Å². The van der Waals surface area contributed by atoms with E-state index in [2.05, 4.69) is 15.6 Å². The number of benzene rings is 1. The Morgan fingerprint density at radius 3 is 2.90 bits per heavy atom. The fourth-order valence-electron chi connectivity index (χ4n) is 3.41. The summed E-state index contributed by atoms with van der Waals surface area (Å²) in [6, 6.07) is 6.50. The van der Waals surface area contributed by atoms with Crippen LogP contribution >= 0.6 is 0 Å². The van der Waals surface area contributed by atoms with Crippen LogP contribution in [0.3, 0.4) is 0 Å². The van der Waals surface area contributed by atoms with Gasteiger partial charge in [0.2, 0.25) is 5.76 Å². The van der Waals surface area contributed by atoms with Crippen LogP contribution in [-0.2, 0) is 9.47 Å². The highest BCUT2D eigenvalue weighted by atomic mass is 19.1. The second kappa shape index (κ2) is 8.04. The molecule has 4 rings (SSSR count). The lowest BCUT2D eigenvalue weighted by Crippen LogP contribution is -2.29. The topological polar surface area (TPSA) is 85.6 Å². The van der Waals surface area contributed by atoms with Crippen LogP contribution < -0.4 is 10.6 Å². The number of fused-ring (bicyclic) bond motifs is 1. The second-order valence-electron chi connectivity index (χ2n) is 7.78. The van der Waals surface area contributed by atoms with E-state index in [9.17, 15) is 9.18 Å². The fourth-order valence-corrected chi connectivity index (χ4v) is 3.41. The largest absolute Gasteiger partial charge is 0.448 e. The minimum atomic E-state index is -0.602. The van der Waals surface area contributed by atoms with Gasteiger partial charge in [-0.25, -0.2) is 4.39 Å². The summed E-state index contributed by atoms with van der Waals surface area (Å²) in [7, 11) is 0. The Kier molecular flexibility index (Phi) is 5.44. The van der Waals surface area contributed by atoms with E-state index in [4.69, 9.17) is 13.9 Å². The number of nitrogens with zero attached hydrogens (tertiary/aromatic N) is 1. The third-order valence-corrected chi connectivity index (χ3v) is 4.90. The molecular weight excluding hydrogens is 389 g/mol. The number of amides is 1. The lowest BCUT2D eigenvalue weighted by Gasteiger charge is -2.17. The van der Waals surface area contributed by atoms with Crippen molar-refractivity contribution in [2.45, 2.75) is 39.1 Å². The SMILES string of the molecule is Cc1ccc(Nc2c(C(=O)NCC[C@H]3COC(C)(C)O3)oc3ccncc23)c(F)c1. The lowest BCUT2D eigenvalue weighted by molar-refractivity contribution is -0.138. The predicted octanol–water partition coefficient (Wildman–Crippen LogP) is 4.29. The molecule has 0 radical (unpaired) electrons. The number of nitrogens with one attached hydrogen (secondary N) is 2. The highest BCUT2D eigenvalue weighted by Crippen LogP contribution is 2.33. The van der Waals surface area contributed by atoms with E-state index in [-0.39, 0.29) is 17.6 Å². The number of pyridine rings is 1.